The number of carbonyl (C=O) groups excluding carboxylic acids is 1. The predicted octanol–water partition coefficient (Wildman–Crippen LogP) is 2.20. The Bertz CT molecular complexity index is 517. The van der Waals surface area contributed by atoms with Crippen molar-refractivity contribution in [1.82, 2.24) is 9.88 Å². The number of piperazine rings is 1. The van der Waals surface area contributed by atoms with E-state index < -0.39 is 5.60 Å². The highest BCUT2D eigenvalue weighted by Crippen LogP contribution is 2.21. The van der Waals surface area contributed by atoms with Crippen molar-refractivity contribution in [2.45, 2.75) is 26.4 Å². The van der Waals surface area contributed by atoms with Gasteiger partial charge in [0.05, 0.1) is 0 Å². The molecule has 0 bridgehead atoms. The van der Waals surface area contributed by atoms with Crippen molar-refractivity contribution in [3.05, 3.63) is 18.3 Å². The summed E-state index contributed by atoms with van der Waals surface area (Å²) in [7, 11) is 3.96. The molecule has 6 nitrogen and oxygen atoms in total. The van der Waals surface area contributed by atoms with E-state index in [1.54, 1.807) is 4.90 Å². The second-order valence-electron chi connectivity index (χ2n) is 6.72. The average molecular weight is 306 g/mol. The van der Waals surface area contributed by atoms with Crippen LogP contribution in [0.1, 0.15) is 20.8 Å². The van der Waals surface area contributed by atoms with Gasteiger partial charge in [-0.1, -0.05) is 0 Å². The largest absolute Gasteiger partial charge is 0.444 e. The monoisotopic (exact) mass is 306 g/mol. The molecule has 1 aromatic heterocycles. The molecule has 1 fully saturated rings. The first-order chi connectivity index (χ1) is 10.3. The van der Waals surface area contributed by atoms with Crippen LogP contribution in [0.2, 0.25) is 0 Å². The van der Waals surface area contributed by atoms with Gasteiger partial charge in [0, 0.05) is 58.2 Å². The van der Waals surface area contributed by atoms with Crippen molar-refractivity contribution in [2.24, 2.45) is 0 Å². The van der Waals surface area contributed by atoms with Crippen LogP contribution in [0, 0.1) is 0 Å². The highest BCUT2D eigenvalue weighted by molar-refractivity contribution is 5.68. The lowest BCUT2D eigenvalue weighted by Crippen LogP contribution is -2.50. The Morgan fingerprint density at radius 3 is 2.41 bits per heavy atom. The van der Waals surface area contributed by atoms with Crippen molar-refractivity contribution < 1.29 is 9.53 Å². The van der Waals surface area contributed by atoms with Crippen LogP contribution in [0.4, 0.5) is 16.3 Å². The molecule has 2 rings (SSSR count). The van der Waals surface area contributed by atoms with E-state index in [0.29, 0.717) is 13.1 Å². The van der Waals surface area contributed by atoms with Crippen LogP contribution < -0.4 is 9.80 Å². The number of hydrogen-bond acceptors (Lipinski definition) is 5. The zero-order chi connectivity index (χ0) is 16.3. The maximum Gasteiger partial charge on any atom is 0.410 e. The Labute approximate surface area is 132 Å². The summed E-state index contributed by atoms with van der Waals surface area (Å²) in [4.78, 5) is 22.4. The van der Waals surface area contributed by atoms with Gasteiger partial charge in [0.2, 0.25) is 0 Å². The lowest BCUT2D eigenvalue weighted by atomic mass is 10.2. The summed E-state index contributed by atoms with van der Waals surface area (Å²) >= 11 is 0. The highest BCUT2D eigenvalue weighted by Gasteiger charge is 2.26. The van der Waals surface area contributed by atoms with Crippen LogP contribution in [0.3, 0.4) is 0 Å². The summed E-state index contributed by atoms with van der Waals surface area (Å²) in [6.07, 6.45) is 1.60. The van der Waals surface area contributed by atoms with Crippen LogP contribution in [0.15, 0.2) is 18.3 Å². The Balaban J connectivity index is 1.95. The van der Waals surface area contributed by atoms with E-state index in [2.05, 4.69) is 16.0 Å². The van der Waals surface area contributed by atoms with Gasteiger partial charge in [-0.05, 0) is 26.8 Å². The number of pyridine rings is 1. The van der Waals surface area contributed by atoms with Crippen molar-refractivity contribution in [1.29, 1.82) is 0 Å². The van der Waals surface area contributed by atoms with Crippen molar-refractivity contribution in [3.8, 4) is 0 Å². The van der Waals surface area contributed by atoms with Gasteiger partial charge in [-0.15, -0.1) is 0 Å². The second kappa shape index (κ2) is 6.42. The molecule has 0 saturated carbocycles. The smallest absolute Gasteiger partial charge is 0.410 e. The lowest BCUT2D eigenvalue weighted by molar-refractivity contribution is 0.0240. The Hall–Kier alpha value is -1.98. The molecule has 6 heteroatoms. The van der Waals surface area contributed by atoms with E-state index in [0.717, 1.165) is 24.6 Å². The highest BCUT2D eigenvalue weighted by atomic mass is 16.6. The van der Waals surface area contributed by atoms with E-state index in [-0.39, 0.29) is 6.09 Å². The molecule has 0 aromatic carbocycles. The molecule has 1 aromatic rings. The number of ether oxygens (including phenoxy) is 1. The first-order valence-corrected chi connectivity index (χ1v) is 7.62. The second-order valence-corrected chi connectivity index (χ2v) is 6.72. The number of nitrogens with zero attached hydrogens (tertiary/aromatic N) is 4. The van der Waals surface area contributed by atoms with Crippen molar-refractivity contribution >= 4 is 17.6 Å². The van der Waals surface area contributed by atoms with Crippen LogP contribution in [0.5, 0.6) is 0 Å². The third-order valence-electron chi connectivity index (χ3n) is 3.48. The van der Waals surface area contributed by atoms with E-state index in [1.807, 2.05) is 52.0 Å². The van der Waals surface area contributed by atoms with Gasteiger partial charge in [-0.25, -0.2) is 9.78 Å². The standard InChI is InChI=1S/C16H26N4O2/c1-16(2,3)22-15(21)20-10-8-19(9-11-20)13-6-7-17-14(12-13)18(4)5/h6-7,12H,8-11H2,1-5H3. The zero-order valence-corrected chi connectivity index (χ0v) is 14.2. The van der Waals surface area contributed by atoms with Gasteiger partial charge < -0.3 is 19.4 Å². The third kappa shape index (κ3) is 4.26. The third-order valence-corrected chi connectivity index (χ3v) is 3.48. The summed E-state index contributed by atoms with van der Waals surface area (Å²) in [5, 5.41) is 0. The van der Waals surface area contributed by atoms with Crippen molar-refractivity contribution in [3.63, 3.8) is 0 Å². The Morgan fingerprint density at radius 1 is 1.23 bits per heavy atom. The van der Waals surface area contributed by atoms with Gasteiger partial charge in [0.15, 0.2) is 0 Å². The van der Waals surface area contributed by atoms with Crippen LogP contribution in [0.25, 0.3) is 0 Å². The number of rotatable bonds is 2. The molecule has 1 amide bonds. The van der Waals surface area contributed by atoms with Crippen LogP contribution >= 0.6 is 0 Å². The van der Waals surface area contributed by atoms with Gasteiger partial charge in [-0.3, -0.25) is 0 Å². The Morgan fingerprint density at radius 2 is 1.86 bits per heavy atom. The fraction of sp³-hybridized carbons (Fsp3) is 0.625. The molecule has 22 heavy (non-hydrogen) atoms. The normalized spacial score (nSPS) is 15.7. The number of aromatic nitrogens is 1. The SMILES string of the molecule is CN(C)c1cc(N2CCN(C(=O)OC(C)(C)C)CC2)ccn1. The average Bonchev–Trinajstić information content (AvgIpc) is 2.46. The maximum atomic E-state index is 12.1. The van der Waals surface area contributed by atoms with Crippen LogP contribution in [-0.2, 0) is 4.74 Å². The molecule has 1 aliphatic heterocycles. The van der Waals surface area contributed by atoms with Gasteiger partial charge >= 0.3 is 6.09 Å². The molecule has 0 spiro atoms. The molecule has 0 atom stereocenters. The molecule has 0 radical (unpaired) electrons. The molecule has 1 aliphatic rings. The first kappa shape index (κ1) is 16.4. The van der Waals surface area contributed by atoms with Crippen molar-refractivity contribution in [2.75, 3.05) is 50.1 Å². The molecule has 1 saturated heterocycles. The number of carbonyl (C=O) groups is 1. The fourth-order valence-electron chi connectivity index (χ4n) is 2.32. The number of amides is 1. The molecule has 0 aliphatic carbocycles. The Kier molecular flexibility index (Phi) is 4.78. The first-order valence-electron chi connectivity index (χ1n) is 7.62. The van der Waals surface area contributed by atoms with E-state index >= 15 is 0 Å². The summed E-state index contributed by atoms with van der Waals surface area (Å²) < 4.78 is 5.42. The minimum absolute atomic E-state index is 0.226. The fourth-order valence-corrected chi connectivity index (χ4v) is 2.32. The lowest BCUT2D eigenvalue weighted by Gasteiger charge is -2.36. The maximum absolute atomic E-state index is 12.1. The summed E-state index contributed by atoms with van der Waals surface area (Å²) in [6, 6.07) is 4.08. The van der Waals surface area contributed by atoms with Crippen LogP contribution in [-0.4, -0.2) is 61.9 Å². The zero-order valence-electron chi connectivity index (χ0n) is 14.2. The molecular formula is C16H26N4O2. The van der Waals surface area contributed by atoms with E-state index in [1.165, 1.54) is 0 Å². The minimum atomic E-state index is -0.445. The molecular weight excluding hydrogens is 280 g/mol. The predicted molar refractivity (Wildman–Crippen MR) is 88.6 cm³/mol. The summed E-state index contributed by atoms with van der Waals surface area (Å²) in [5.41, 5.74) is 0.697. The number of anilines is 2. The van der Waals surface area contributed by atoms with Gasteiger partial charge in [0.1, 0.15) is 11.4 Å². The molecule has 122 valence electrons. The van der Waals surface area contributed by atoms with Gasteiger partial charge in [0.25, 0.3) is 0 Å². The quantitative estimate of drug-likeness (QED) is 0.838. The number of hydrogen-bond donors (Lipinski definition) is 0. The summed E-state index contributed by atoms with van der Waals surface area (Å²) in [6.45, 7) is 8.62. The van der Waals surface area contributed by atoms with Gasteiger partial charge in [-0.2, -0.15) is 0 Å². The summed E-state index contributed by atoms with van der Waals surface area (Å²) in [5.74, 6) is 0.937. The molecule has 0 unspecified atom stereocenters. The topological polar surface area (TPSA) is 48.9 Å². The molecule has 2 heterocycles. The molecule has 0 N–H and O–H groups in total. The van der Waals surface area contributed by atoms with E-state index in [9.17, 15) is 4.79 Å². The minimum Gasteiger partial charge on any atom is -0.444 e. The van der Waals surface area contributed by atoms with E-state index in [4.69, 9.17) is 4.74 Å².